The van der Waals surface area contributed by atoms with Crippen molar-refractivity contribution in [2.75, 3.05) is 6.61 Å². The molecule has 0 aliphatic carbocycles. The first-order valence-corrected chi connectivity index (χ1v) is 24.3. The number of nitrogens with one attached hydrogen (secondary N) is 1. The number of alkyl halides is 3. The Morgan fingerprint density at radius 2 is 0.943 bits per heavy atom. The van der Waals surface area contributed by atoms with Crippen LogP contribution in [0.2, 0.25) is 0 Å². The maximum atomic E-state index is 13.7. The van der Waals surface area contributed by atoms with Gasteiger partial charge in [0.2, 0.25) is 12.2 Å². The van der Waals surface area contributed by atoms with Gasteiger partial charge in [0.1, 0.15) is 42.4 Å². The first kappa shape index (κ1) is 53.1. The molecule has 5 aromatic rings. The number of ketones is 1. The Bertz CT molecular complexity index is 2350. The molecular formula is C54H58Cl3NO12. The van der Waals surface area contributed by atoms with Crippen molar-refractivity contribution in [3.8, 4) is 0 Å². The summed E-state index contributed by atoms with van der Waals surface area (Å²) in [6.07, 6.45) is -11.5. The van der Waals surface area contributed by atoms with Gasteiger partial charge in [0.25, 0.3) is 3.79 Å². The van der Waals surface area contributed by atoms with Crippen molar-refractivity contribution in [1.29, 1.82) is 5.41 Å². The largest absolute Gasteiger partial charge is 0.453 e. The number of carbonyl (C=O) groups is 2. The molecule has 0 unspecified atom stereocenters. The fourth-order valence-corrected chi connectivity index (χ4v) is 8.16. The summed E-state index contributed by atoms with van der Waals surface area (Å²) in [5, 5.41) is 8.56. The molecular weight excluding hydrogens is 961 g/mol. The Morgan fingerprint density at radius 3 is 1.40 bits per heavy atom. The smallest absolute Gasteiger partial charge is 0.306 e. The molecule has 2 aliphatic rings. The van der Waals surface area contributed by atoms with E-state index in [0.29, 0.717) is 0 Å². The van der Waals surface area contributed by atoms with Gasteiger partial charge in [-0.25, -0.2) is 0 Å². The van der Waals surface area contributed by atoms with Crippen LogP contribution in [0.1, 0.15) is 54.5 Å². The highest BCUT2D eigenvalue weighted by Crippen LogP contribution is 2.38. The molecule has 2 heterocycles. The molecule has 372 valence electrons. The van der Waals surface area contributed by atoms with Crippen molar-refractivity contribution in [3.63, 3.8) is 0 Å². The Labute approximate surface area is 423 Å². The quantitative estimate of drug-likeness (QED) is 0.0287. The zero-order chi connectivity index (χ0) is 49.3. The summed E-state index contributed by atoms with van der Waals surface area (Å²) in [7, 11) is 0. The molecule has 5 aromatic carbocycles. The number of esters is 1. The van der Waals surface area contributed by atoms with Crippen LogP contribution in [0.25, 0.3) is 0 Å². The second kappa shape index (κ2) is 26.6. The van der Waals surface area contributed by atoms with E-state index < -0.39 is 77.1 Å². The van der Waals surface area contributed by atoms with Crippen LogP contribution in [-0.2, 0) is 90.0 Å². The molecule has 10 atom stereocenters. The van der Waals surface area contributed by atoms with Crippen LogP contribution in [0.5, 0.6) is 0 Å². The molecule has 0 bridgehead atoms. The van der Waals surface area contributed by atoms with Gasteiger partial charge in [-0.15, -0.1) is 0 Å². The van der Waals surface area contributed by atoms with Gasteiger partial charge in [-0.3, -0.25) is 10.2 Å². The maximum absolute atomic E-state index is 13.7. The number of Topliss-reactive ketones (excluding diaryl/α,β-unsaturated/α-hetero) is 1. The fourth-order valence-electron chi connectivity index (χ4n) is 8.03. The third-order valence-corrected chi connectivity index (χ3v) is 12.1. The highest BCUT2D eigenvalue weighted by atomic mass is 35.6. The van der Waals surface area contributed by atoms with Crippen molar-refractivity contribution >= 4 is 52.5 Å². The Kier molecular flexibility index (Phi) is 20.2. The number of halogens is 3. The first-order chi connectivity index (χ1) is 33.9. The molecule has 1 N–H and O–H groups in total. The predicted molar refractivity (Wildman–Crippen MR) is 263 cm³/mol. The predicted octanol–water partition coefficient (Wildman–Crippen LogP) is 10.0. The number of rotatable bonds is 23. The summed E-state index contributed by atoms with van der Waals surface area (Å²) in [4.78, 5) is 25.8. The lowest BCUT2D eigenvalue weighted by Gasteiger charge is -2.49. The Hall–Kier alpha value is -4.74. The second-order valence-corrected chi connectivity index (χ2v) is 19.3. The van der Waals surface area contributed by atoms with Crippen molar-refractivity contribution < 1.29 is 57.0 Å². The molecule has 16 heteroatoms. The van der Waals surface area contributed by atoms with Crippen LogP contribution in [-0.4, -0.2) is 89.5 Å². The van der Waals surface area contributed by atoms with E-state index in [2.05, 4.69) is 0 Å². The minimum absolute atomic E-state index is 0.0263. The van der Waals surface area contributed by atoms with E-state index in [4.69, 9.17) is 87.6 Å². The van der Waals surface area contributed by atoms with Crippen molar-refractivity contribution in [2.45, 2.75) is 125 Å². The van der Waals surface area contributed by atoms with Gasteiger partial charge >= 0.3 is 5.97 Å². The molecule has 2 fully saturated rings. The highest BCUT2D eigenvalue weighted by molar-refractivity contribution is 6.76. The normalized spacial score (nSPS) is 24.6. The number of hydrogen-bond acceptors (Lipinski definition) is 13. The molecule has 70 heavy (non-hydrogen) atoms. The minimum Gasteiger partial charge on any atom is -0.453 e. The minimum atomic E-state index is -2.32. The average Bonchev–Trinajstić information content (AvgIpc) is 3.36. The van der Waals surface area contributed by atoms with Gasteiger partial charge in [0, 0.05) is 6.42 Å². The van der Waals surface area contributed by atoms with Gasteiger partial charge in [-0.05, 0) is 41.7 Å². The molecule has 2 saturated heterocycles. The van der Waals surface area contributed by atoms with Gasteiger partial charge in [0.15, 0.2) is 12.4 Å². The second-order valence-electron chi connectivity index (χ2n) is 17.0. The molecule has 0 radical (unpaired) electrons. The molecule has 13 nitrogen and oxygen atoms in total. The van der Waals surface area contributed by atoms with E-state index in [9.17, 15) is 9.59 Å². The Morgan fingerprint density at radius 1 is 0.514 bits per heavy atom. The van der Waals surface area contributed by atoms with Gasteiger partial charge in [-0.2, -0.15) is 0 Å². The standard InChI is InChI=1S/C54H58Cl3NO12/c1-36(59)28-29-44(60)68-50-48(45(62-31-39-20-10-4-11-21-39)37(2)66-52(50)70-53(58)54(55,56)57)69-51-49(65-34-42-26-16-7-17-27-42)47(64-33-41-24-14-6-15-25-41)46(63-32-40-22-12-5-13-23-40)43(67-51)35-61-30-38-18-8-3-9-19-38/h3-27,37,43,45-52,58H,28-35H2,1-2H3/t37-,43+,45-,46+,47-,48+,49+,50+,51+,52+/m0/s1. The molecule has 2 aliphatic heterocycles. The van der Waals surface area contributed by atoms with E-state index >= 15 is 0 Å². The van der Waals surface area contributed by atoms with Crippen LogP contribution in [0.15, 0.2) is 152 Å². The molecule has 0 spiro atoms. The van der Waals surface area contributed by atoms with Crippen LogP contribution in [0.3, 0.4) is 0 Å². The van der Waals surface area contributed by atoms with E-state index in [-0.39, 0.29) is 58.3 Å². The number of carbonyl (C=O) groups excluding carboxylic acids is 2. The van der Waals surface area contributed by atoms with Crippen molar-refractivity contribution in [3.05, 3.63) is 179 Å². The summed E-state index contributed by atoms with van der Waals surface area (Å²) in [5.74, 6) is -1.81. The zero-order valence-electron chi connectivity index (χ0n) is 38.9. The third-order valence-electron chi connectivity index (χ3n) is 11.6. The lowest BCUT2D eigenvalue weighted by molar-refractivity contribution is -0.368. The van der Waals surface area contributed by atoms with Gasteiger partial charge < -0.3 is 52.2 Å². The van der Waals surface area contributed by atoms with Crippen LogP contribution < -0.4 is 0 Å². The SMILES string of the molecule is CC(=O)CCC(=O)O[C@H]1[C@@H](OC(=N)C(Cl)(Cl)Cl)O[C@@H](C)[C@H](OCc2ccccc2)[C@H]1O[C@H]1O[C@H](COCc2ccccc2)[C@@H](OCc2ccccc2)[C@H](OCc2ccccc2)[C@H]1OCc1ccccc1. The molecule has 7 rings (SSSR count). The average molecular weight is 1020 g/mol. The number of ether oxygens (including phenoxy) is 10. The number of hydrogen-bond donors (Lipinski definition) is 1. The first-order valence-electron chi connectivity index (χ1n) is 23.1. The third kappa shape index (κ3) is 15.9. The van der Waals surface area contributed by atoms with E-state index in [1.165, 1.54) is 6.92 Å². The van der Waals surface area contributed by atoms with Crippen LogP contribution in [0, 0.1) is 5.41 Å². The molecule has 0 saturated carbocycles. The maximum Gasteiger partial charge on any atom is 0.306 e. The highest BCUT2D eigenvalue weighted by Gasteiger charge is 2.55. The number of benzene rings is 5. The molecule has 0 aromatic heterocycles. The van der Waals surface area contributed by atoms with E-state index in [0.717, 1.165) is 27.8 Å². The van der Waals surface area contributed by atoms with Crippen molar-refractivity contribution in [1.82, 2.24) is 0 Å². The lowest BCUT2D eigenvalue weighted by Crippen LogP contribution is -2.66. The van der Waals surface area contributed by atoms with Crippen LogP contribution in [0.4, 0.5) is 0 Å². The fraction of sp³-hybridized carbons (Fsp3) is 0.389. The zero-order valence-corrected chi connectivity index (χ0v) is 41.2. The summed E-state index contributed by atoms with van der Waals surface area (Å²) in [6.45, 7) is 3.94. The summed E-state index contributed by atoms with van der Waals surface area (Å²) < 4.78 is 64.1. The summed E-state index contributed by atoms with van der Waals surface area (Å²) in [5.41, 5.74) is 4.46. The van der Waals surface area contributed by atoms with Crippen LogP contribution >= 0.6 is 34.8 Å². The Balaban J connectivity index is 1.32. The summed E-state index contributed by atoms with van der Waals surface area (Å²) in [6, 6.07) is 48.3. The van der Waals surface area contributed by atoms with Gasteiger partial charge in [-0.1, -0.05) is 186 Å². The van der Waals surface area contributed by atoms with Gasteiger partial charge in [0.05, 0.1) is 52.2 Å². The molecule has 0 amide bonds. The van der Waals surface area contributed by atoms with Crippen molar-refractivity contribution in [2.24, 2.45) is 0 Å². The summed E-state index contributed by atoms with van der Waals surface area (Å²) >= 11 is 18.4. The van der Waals surface area contributed by atoms with E-state index in [1.54, 1.807) is 6.92 Å². The topological polar surface area (TPSA) is 150 Å². The lowest BCUT2D eigenvalue weighted by atomic mass is 9.96. The monoisotopic (exact) mass is 1020 g/mol. The van der Waals surface area contributed by atoms with E-state index in [1.807, 2.05) is 152 Å².